The molecule has 1 atom stereocenters. The molecule has 1 aliphatic heterocycles. The monoisotopic (exact) mass is 500 g/mol. The standard InChI is InChI=1S/C24H32N4O.3ClH/c1-20(28(23-12-5-6-13-25-23)24(29)22-10-7-11-22)18-26-14-16-27(17-15-26)19-21-8-3-2-4-9-21;;;/h2-6,8-9,12-13,20,22H,7,10-11,14-19H2,1H3;3*1H. The van der Waals surface area contributed by atoms with Crippen LogP contribution in [0.1, 0.15) is 31.7 Å². The van der Waals surface area contributed by atoms with E-state index in [9.17, 15) is 4.79 Å². The van der Waals surface area contributed by atoms with Crippen LogP contribution in [0.3, 0.4) is 0 Å². The molecule has 1 aromatic heterocycles. The van der Waals surface area contributed by atoms with Gasteiger partial charge in [0.25, 0.3) is 0 Å². The lowest BCUT2D eigenvalue weighted by atomic mass is 9.84. The number of amides is 1. The first-order valence-corrected chi connectivity index (χ1v) is 10.9. The summed E-state index contributed by atoms with van der Waals surface area (Å²) in [4.78, 5) is 24.6. The number of carbonyl (C=O) groups excluding carboxylic acids is 1. The Balaban J connectivity index is 0.00000171. The smallest absolute Gasteiger partial charge is 0.231 e. The van der Waals surface area contributed by atoms with Gasteiger partial charge in [-0.15, -0.1) is 37.2 Å². The Labute approximate surface area is 210 Å². The summed E-state index contributed by atoms with van der Waals surface area (Å²) >= 11 is 0. The van der Waals surface area contributed by atoms with Crippen LogP contribution in [0.25, 0.3) is 0 Å². The van der Waals surface area contributed by atoms with E-state index in [0.29, 0.717) is 0 Å². The highest BCUT2D eigenvalue weighted by Gasteiger charge is 2.34. The first-order valence-electron chi connectivity index (χ1n) is 10.9. The lowest BCUT2D eigenvalue weighted by Gasteiger charge is -2.39. The van der Waals surface area contributed by atoms with Crippen LogP contribution in [-0.2, 0) is 11.3 Å². The predicted molar refractivity (Wildman–Crippen MR) is 138 cm³/mol. The fourth-order valence-electron chi connectivity index (χ4n) is 4.33. The van der Waals surface area contributed by atoms with E-state index in [4.69, 9.17) is 0 Å². The van der Waals surface area contributed by atoms with E-state index in [2.05, 4.69) is 52.0 Å². The second-order valence-corrected chi connectivity index (χ2v) is 8.44. The molecule has 1 amide bonds. The number of benzene rings is 1. The molecule has 2 fully saturated rings. The Morgan fingerprint density at radius 3 is 2.16 bits per heavy atom. The van der Waals surface area contributed by atoms with Crippen LogP contribution in [0.4, 0.5) is 5.82 Å². The SMILES string of the molecule is CC(CN1CCN(Cc2ccccc2)CC1)N(C(=O)C1CCC1)c1ccccn1.Cl.Cl.Cl. The van der Waals surface area contributed by atoms with E-state index < -0.39 is 0 Å². The Hall–Kier alpha value is -1.37. The fourth-order valence-corrected chi connectivity index (χ4v) is 4.33. The molecule has 2 aromatic rings. The Kier molecular flexibility index (Phi) is 12.6. The summed E-state index contributed by atoms with van der Waals surface area (Å²) < 4.78 is 0. The van der Waals surface area contributed by atoms with Crippen molar-refractivity contribution in [3.8, 4) is 0 Å². The third-order valence-corrected chi connectivity index (χ3v) is 6.27. The van der Waals surface area contributed by atoms with Gasteiger partial charge in [-0.1, -0.05) is 42.8 Å². The van der Waals surface area contributed by atoms with Crippen LogP contribution in [0.2, 0.25) is 0 Å². The molecule has 1 saturated heterocycles. The average Bonchev–Trinajstić information content (AvgIpc) is 2.70. The second kappa shape index (κ2) is 14.0. The van der Waals surface area contributed by atoms with Gasteiger partial charge in [0.1, 0.15) is 5.82 Å². The predicted octanol–water partition coefficient (Wildman–Crippen LogP) is 4.69. The third-order valence-electron chi connectivity index (χ3n) is 6.27. The number of hydrogen-bond acceptors (Lipinski definition) is 4. The normalized spacial score (nSPS) is 17.7. The fraction of sp³-hybridized carbons (Fsp3) is 0.500. The average molecular weight is 502 g/mol. The third kappa shape index (κ3) is 7.32. The highest BCUT2D eigenvalue weighted by atomic mass is 35.5. The van der Waals surface area contributed by atoms with Gasteiger partial charge in [0.05, 0.1) is 0 Å². The van der Waals surface area contributed by atoms with Gasteiger partial charge in [0, 0.05) is 57.4 Å². The maximum absolute atomic E-state index is 13.1. The molecule has 1 saturated carbocycles. The topological polar surface area (TPSA) is 39.7 Å². The highest BCUT2D eigenvalue weighted by Crippen LogP contribution is 2.30. The number of pyridine rings is 1. The molecular formula is C24H35Cl3N4O. The summed E-state index contributed by atoms with van der Waals surface area (Å²) in [5.74, 6) is 1.23. The minimum Gasteiger partial charge on any atom is -0.299 e. The molecular weight excluding hydrogens is 467 g/mol. The number of nitrogens with zero attached hydrogens (tertiary/aromatic N) is 4. The van der Waals surface area contributed by atoms with Crippen LogP contribution >= 0.6 is 37.2 Å². The Morgan fingerprint density at radius 2 is 1.59 bits per heavy atom. The van der Waals surface area contributed by atoms with Crippen molar-refractivity contribution in [3.05, 3.63) is 60.3 Å². The van der Waals surface area contributed by atoms with Gasteiger partial charge in [-0.3, -0.25) is 19.5 Å². The molecule has 0 spiro atoms. The molecule has 2 heterocycles. The Bertz CT molecular complexity index is 784. The summed E-state index contributed by atoms with van der Waals surface area (Å²) in [7, 11) is 0. The molecule has 0 bridgehead atoms. The second-order valence-electron chi connectivity index (χ2n) is 8.44. The van der Waals surface area contributed by atoms with Crippen molar-refractivity contribution >= 4 is 48.9 Å². The number of aromatic nitrogens is 1. The van der Waals surface area contributed by atoms with Crippen molar-refractivity contribution < 1.29 is 4.79 Å². The summed E-state index contributed by atoms with van der Waals surface area (Å²) in [5, 5.41) is 0. The van der Waals surface area contributed by atoms with Crippen molar-refractivity contribution in [3.63, 3.8) is 0 Å². The van der Waals surface area contributed by atoms with Crippen molar-refractivity contribution in [1.82, 2.24) is 14.8 Å². The summed E-state index contributed by atoms with van der Waals surface area (Å²) in [6.45, 7) is 8.32. The summed E-state index contributed by atoms with van der Waals surface area (Å²) in [5.41, 5.74) is 1.38. The molecule has 1 unspecified atom stereocenters. The molecule has 8 heteroatoms. The zero-order valence-corrected chi connectivity index (χ0v) is 21.1. The Morgan fingerprint density at radius 1 is 0.969 bits per heavy atom. The van der Waals surface area contributed by atoms with Crippen LogP contribution < -0.4 is 4.90 Å². The highest BCUT2D eigenvalue weighted by molar-refractivity contribution is 5.95. The molecule has 0 N–H and O–H groups in total. The van der Waals surface area contributed by atoms with Crippen LogP contribution in [0, 0.1) is 5.92 Å². The molecule has 32 heavy (non-hydrogen) atoms. The van der Waals surface area contributed by atoms with Crippen molar-refractivity contribution in [2.24, 2.45) is 5.92 Å². The number of carbonyl (C=O) groups is 1. The first kappa shape index (κ1) is 28.7. The number of rotatable bonds is 7. The summed E-state index contributed by atoms with van der Waals surface area (Å²) in [6.07, 6.45) is 5.00. The van der Waals surface area contributed by atoms with Gasteiger partial charge in [-0.05, 0) is 37.5 Å². The van der Waals surface area contributed by atoms with E-state index in [1.807, 2.05) is 23.1 Å². The minimum absolute atomic E-state index is 0. The molecule has 1 aromatic carbocycles. The molecule has 0 radical (unpaired) electrons. The van der Waals surface area contributed by atoms with E-state index in [1.54, 1.807) is 6.20 Å². The molecule has 178 valence electrons. The quantitative estimate of drug-likeness (QED) is 0.552. The zero-order chi connectivity index (χ0) is 20.1. The summed E-state index contributed by atoms with van der Waals surface area (Å²) in [6, 6.07) is 16.7. The van der Waals surface area contributed by atoms with Gasteiger partial charge in [-0.25, -0.2) is 4.98 Å². The minimum atomic E-state index is 0. The van der Waals surface area contributed by atoms with Gasteiger partial charge in [0.2, 0.25) is 5.91 Å². The van der Waals surface area contributed by atoms with E-state index in [1.165, 1.54) is 12.0 Å². The lowest BCUT2D eigenvalue weighted by molar-refractivity contribution is -0.125. The number of halogens is 3. The molecule has 1 aliphatic carbocycles. The largest absolute Gasteiger partial charge is 0.299 e. The molecule has 4 rings (SSSR count). The van der Waals surface area contributed by atoms with Crippen LogP contribution in [0.5, 0.6) is 0 Å². The molecule has 5 nitrogen and oxygen atoms in total. The van der Waals surface area contributed by atoms with Gasteiger partial charge < -0.3 is 0 Å². The number of anilines is 1. The first-order chi connectivity index (χ1) is 14.2. The van der Waals surface area contributed by atoms with Crippen molar-refractivity contribution in [2.45, 2.75) is 38.8 Å². The van der Waals surface area contributed by atoms with Crippen LogP contribution in [-0.4, -0.2) is 59.5 Å². The lowest BCUT2D eigenvalue weighted by Crippen LogP contribution is -2.53. The van der Waals surface area contributed by atoms with E-state index >= 15 is 0 Å². The maximum atomic E-state index is 13.1. The van der Waals surface area contributed by atoms with Crippen LogP contribution in [0.15, 0.2) is 54.7 Å². The van der Waals surface area contributed by atoms with E-state index in [-0.39, 0.29) is 55.1 Å². The van der Waals surface area contributed by atoms with Gasteiger partial charge >= 0.3 is 0 Å². The van der Waals surface area contributed by atoms with Gasteiger partial charge in [0.15, 0.2) is 0 Å². The number of piperazine rings is 1. The van der Waals surface area contributed by atoms with Crippen molar-refractivity contribution in [2.75, 3.05) is 37.6 Å². The number of hydrogen-bond donors (Lipinski definition) is 0. The van der Waals surface area contributed by atoms with Gasteiger partial charge in [-0.2, -0.15) is 0 Å². The van der Waals surface area contributed by atoms with E-state index in [0.717, 1.165) is 57.9 Å². The van der Waals surface area contributed by atoms with Crippen molar-refractivity contribution in [1.29, 1.82) is 0 Å². The zero-order valence-electron chi connectivity index (χ0n) is 18.6. The maximum Gasteiger partial charge on any atom is 0.231 e. The molecule has 2 aliphatic rings.